The van der Waals surface area contributed by atoms with E-state index in [0.717, 1.165) is 6.42 Å². The lowest BCUT2D eigenvalue weighted by Crippen LogP contribution is -2.62. The average Bonchev–Trinajstić information content (AvgIpc) is 0.811. The molecule has 5 rings (SSSR count). The number of rotatable bonds is 51. The van der Waals surface area contributed by atoms with Crippen molar-refractivity contribution in [3.05, 3.63) is 17.7 Å². The lowest BCUT2D eigenvalue weighted by atomic mass is 9.81. The van der Waals surface area contributed by atoms with Crippen LogP contribution in [0.5, 0.6) is 17.2 Å². The molecule has 3 heterocycles. The number of hydrogen-bond donors (Lipinski definition) is 4. The average molecular weight is 1540 g/mol. The van der Waals surface area contributed by atoms with Gasteiger partial charge in [-0.2, -0.15) is 5.26 Å². The summed E-state index contributed by atoms with van der Waals surface area (Å²) in [5.41, 5.74) is 0.245. The smallest absolute Gasteiger partial charge is 0.302 e. The number of esters is 2. The zero-order valence-electron chi connectivity index (χ0n) is 66.3. The molecule has 1 aromatic carbocycles. The first kappa shape index (κ1) is 92.4. The van der Waals surface area contributed by atoms with E-state index in [1.165, 1.54) is 34.6 Å². The molecule has 16 atom stereocenters. The SMILES string of the molecule is CC[C@H]1O[C@@H](OCCOCCOCCOc2cc(C(=O)NC3CCC(OP(OCCC#N)N(C(C)C)C(C)C)CC3)cc(OCCOCCOCCO[C@@H]3O[C@H](CC)[C@H](C)[C@H](OC(C)=O)[C@H]3NC(C)=O)c2OCCOCCOCCO[C@@H]2O[C@H](CC)[C@H](C)[C@H](OC(C)=O)[C@H]2NC(C)=O)[C@H](NC(C)=O)[C@@H](C)[C@H]1C. The number of carbonyl (C=O) groups is 6. The van der Waals surface area contributed by atoms with Crippen LogP contribution in [0.4, 0.5) is 0 Å². The summed E-state index contributed by atoms with van der Waals surface area (Å²) in [4.78, 5) is 75.4. The molecule has 1 aliphatic carbocycles. The van der Waals surface area contributed by atoms with E-state index in [-0.39, 0.29) is 251 Å². The van der Waals surface area contributed by atoms with Gasteiger partial charge in [-0.3, -0.25) is 28.8 Å². The third kappa shape index (κ3) is 32.2. The fourth-order valence-corrected chi connectivity index (χ4v) is 15.3. The van der Waals surface area contributed by atoms with E-state index < -0.39 is 63.6 Å². The van der Waals surface area contributed by atoms with E-state index in [1.807, 2.05) is 27.7 Å². The Morgan fingerprint density at radius 1 is 0.486 bits per heavy atom. The maximum Gasteiger partial charge on any atom is 0.302 e. The van der Waals surface area contributed by atoms with Crippen molar-refractivity contribution < 1.29 is 118 Å². The number of carbonyl (C=O) groups excluding carboxylic acids is 6. The van der Waals surface area contributed by atoms with Gasteiger partial charge in [0.05, 0.1) is 149 Å². The minimum absolute atomic E-state index is 0.00395. The van der Waals surface area contributed by atoms with Gasteiger partial charge >= 0.3 is 11.9 Å². The summed E-state index contributed by atoms with van der Waals surface area (Å²) >= 11 is 0. The molecule has 0 radical (unpaired) electrons. The van der Waals surface area contributed by atoms with E-state index in [9.17, 15) is 34.0 Å². The summed E-state index contributed by atoms with van der Waals surface area (Å²) in [7, 11) is -1.45. The summed E-state index contributed by atoms with van der Waals surface area (Å²) < 4.78 is 118. The van der Waals surface area contributed by atoms with Crippen LogP contribution in [0.1, 0.15) is 173 Å². The third-order valence-electron chi connectivity index (χ3n) is 18.9. The van der Waals surface area contributed by atoms with Crippen molar-refractivity contribution in [3.8, 4) is 23.3 Å². The van der Waals surface area contributed by atoms with Gasteiger partial charge in [0, 0.05) is 70.1 Å². The molecule has 4 fully saturated rings. The molecule has 0 bridgehead atoms. The van der Waals surface area contributed by atoms with E-state index >= 15 is 0 Å². The van der Waals surface area contributed by atoms with Crippen molar-refractivity contribution >= 4 is 44.1 Å². The van der Waals surface area contributed by atoms with E-state index in [4.69, 9.17) is 89.6 Å². The number of nitrogens with one attached hydrogen (secondary N) is 4. The topological polar surface area (TPSA) is 353 Å². The van der Waals surface area contributed by atoms with Gasteiger partial charge in [-0.25, -0.2) is 4.67 Å². The second-order valence-electron chi connectivity index (χ2n) is 27.8. The summed E-state index contributed by atoms with van der Waals surface area (Å²) in [5.74, 6) is -1.55. The lowest BCUT2D eigenvalue weighted by molar-refractivity contribution is -0.256. The summed E-state index contributed by atoms with van der Waals surface area (Å²) in [6, 6.07) is 3.70. The van der Waals surface area contributed by atoms with E-state index in [1.54, 1.807) is 12.1 Å². The van der Waals surface area contributed by atoms with Gasteiger partial charge in [0.25, 0.3) is 14.4 Å². The van der Waals surface area contributed by atoms with Crippen LogP contribution in [0, 0.1) is 35.0 Å². The third-order valence-corrected chi connectivity index (χ3v) is 21.1. The highest BCUT2D eigenvalue weighted by atomic mass is 31.2. The molecule has 1 unspecified atom stereocenters. The Kier molecular flexibility index (Phi) is 43.7. The zero-order valence-corrected chi connectivity index (χ0v) is 67.2. The van der Waals surface area contributed by atoms with Gasteiger partial charge in [0.2, 0.25) is 23.5 Å². The van der Waals surface area contributed by atoms with Crippen molar-refractivity contribution in [1.29, 1.82) is 5.26 Å². The number of amides is 4. The first-order chi connectivity index (χ1) is 51.3. The van der Waals surface area contributed by atoms with Crippen LogP contribution in [0.3, 0.4) is 0 Å². The standard InChI is InChI=1S/C75H127N6O25P/c1-17-61-49(8)50(9)66(77-53(12)82)73(103-61)97-42-36-91-30-27-88-33-39-94-64-45-58(72(87)80-59-21-23-60(24-22-59)106-107(100-26-20-25-76)81(47(4)5)48(6)7)46-65(95-40-34-89-28-31-92-37-43-98-74-67(78-54(13)83)69(101-56(15)85)51(10)62(18-2)104-74)71(64)96-41-35-90-29-32-93-38-44-99-75-68(79-55(14)84)70(102-57(16)86)52(11)63(19-3)105-75/h45-52,59-63,66-70,73-75H,17-24,26-44H2,1-16H3,(H,77,82)(H,78,83)(H,79,84)(H,80,87)/t49-,50+,51+,52+,59?,60?,61-,62-,63-,66-,67-,68-,69+,70+,73-,74-,75-,107?/m1/s1. The molecule has 3 saturated heterocycles. The van der Waals surface area contributed by atoms with Crippen LogP contribution in [0.15, 0.2) is 12.1 Å². The number of benzene rings is 1. The van der Waals surface area contributed by atoms with Crippen molar-refractivity contribution in [1.82, 2.24) is 25.9 Å². The van der Waals surface area contributed by atoms with Crippen LogP contribution in [0.2, 0.25) is 0 Å². The number of nitrogens with zero attached hydrogens (tertiary/aromatic N) is 2. The van der Waals surface area contributed by atoms with Crippen LogP contribution in [0.25, 0.3) is 0 Å². The molecule has 612 valence electrons. The molecule has 4 amide bonds. The molecule has 1 aromatic rings. The largest absolute Gasteiger partial charge is 0.487 e. The van der Waals surface area contributed by atoms with Crippen molar-refractivity contribution in [2.75, 3.05) is 126 Å². The van der Waals surface area contributed by atoms with Crippen LogP contribution < -0.4 is 35.5 Å². The molecule has 0 aromatic heterocycles. The molecule has 107 heavy (non-hydrogen) atoms. The Bertz CT molecular complexity index is 2800. The maximum absolute atomic E-state index is 14.5. The molecule has 3 aliphatic heterocycles. The van der Waals surface area contributed by atoms with Gasteiger partial charge < -0.3 is 111 Å². The number of hydrogen-bond acceptors (Lipinski definition) is 27. The van der Waals surface area contributed by atoms with Gasteiger partial charge in [0.15, 0.2) is 30.4 Å². The molecule has 32 heteroatoms. The summed E-state index contributed by atoms with van der Waals surface area (Å²) in [5, 5.41) is 21.2. The second kappa shape index (κ2) is 50.6. The highest BCUT2D eigenvalue weighted by Crippen LogP contribution is 2.49. The highest BCUT2D eigenvalue weighted by Gasteiger charge is 2.48. The summed E-state index contributed by atoms with van der Waals surface area (Å²) in [6.07, 6.45) is 0.564. The monoisotopic (exact) mass is 1540 g/mol. The first-order valence-corrected chi connectivity index (χ1v) is 39.5. The Balaban J connectivity index is 1.25. The molecule has 0 spiro atoms. The Morgan fingerprint density at radius 2 is 0.850 bits per heavy atom. The van der Waals surface area contributed by atoms with Gasteiger partial charge in [-0.05, 0) is 96.6 Å². The Hall–Kier alpha value is -5.24. The van der Waals surface area contributed by atoms with Crippen LogP contribution in [-0.4, -0.2) is 258 Å². The van der Waals surface area contributed by atoms with Gasteiger partial charge in [-0.1, -0.05) is 48.5 Å². The molecule has 31 nitrogen and oxygen atoms in total. The van der Waals surface area contributed by atoms with Crippen molar-refractivity contribution in [3.63, 3.8) is 0 Å². The predicted octanol–water partition coefficient (Wildman–Crippen LogP) is 7.63. The molecular formula is C75H127N6O25P. The number of nitriles is 1. The molecule has 4 N–H and O–H groups in total. The van der Waals surface area contributed by atoms with E-state index in [0.29, 0.717) is 38.5 Å². The normalized spacial score (nSPS) is 26.9. The van der Waals surface area contributed by atoms with Gasteiger partial charge in [0.1, 0.15) is 44.1 Å². The maximum atomic E-state index is 14.5. The summed E-state index contributed by atoms with van der Waals surface area (Å²) in [6.45, 7) is 32.3. The van der Waals surface area contributed by atoms with Crippen molar-refractivity contribution in [2.45, 2.75) is 254 Å². The van der Waals surface area contributed by atoms with Crippen LogP contribution >= 0.6 is 8.53 Å². The fraction of sp³-hybridized carbons (Fsp3) is 0.827. The predicted molar refractivity (Wildman–Crippen MR) is 393 cm³/mol. The Labute approximate surface area is 635 Å². The minimum atomic E-state index is -1.45. The fourth-order valence-electron chi connectivity index (χ4n) is 13.6. The Morgan fingerprint density at radius 3 is 1.22 bits per heavy atom. The quantitative estimate of drug-likeness (QED) is 0.0276. The molecule has 4 aliphatic rings. The molecular weight excluding hydrogens is 1420 g/mol. The lowest BCUT2D eigenvalue weighted by Gasteiger charge is -2.44. The minimum Gasteiger partial charge on any atom is -0.487 e. The zero-order chi connectivity index (χ0) is 78.4. The first-order valence-electron chi connectivity index (χ1n) is 38.4. The second-order valence-corrected chi connectivity index (χ2v) is 29.3. The van der Waals surface area contributed by atoms with E-state index in [2.05, 4.69) is 80.5 Å². The molecule has 1 saturated carbocycles. The van der Waals surface area contributed by atoms with Crippen molar-refractivity contribution in [2.24, 2.45) is 23.7 Å². The number of ether oxygens (including phenoxy) is 17. The van der Waals surface area contributed by atoms with Crippen LogP contribution in [-0.2, 0) is 99.3 Å². The van der Waals surface area contributed by atoms with Gasteiger partial charge in [-0.15, -0.1) is 0 Å². The highest BCUT2D eigenvalue weighted by molar-refractivity contribution is 7.44.